The van der Waals surface area contributed by atoms with E-state index >= 15 is 0 Å². The number of benzene rings is 1. The van der Waals surface area contributed by atoms with Gasteiger partial charge in [-0.2, -0.15) is 0 Å². The maximum Gasteiger partial charge on any atom is 0.252 e. The number of nitrogens with two attached hydrogens (primary N) is 1. The van der Waals surface area contributed by atoms with Crippen LogP contribution in [0.4, 0.5) is 13.2 Å². The van der Waals surface area contributed by atoms with Crippen LogP contribution in [0, 0.1) is 52.1 Å². The first-order valence-electron chi connectivity index (χ1n) is 14.1. The molecule has 1 amide bonds. The topological polar surface area (TPSA) is 96.9 Å². The maximum atomic E-state index is 14.2. The molecule has 0 bridgehead atoms. The number of fused-ring (bicyclic) bond motifs is 2. The highest BCUT2D eigenvalue weighted by Crippen LogP contribution is 2.61. The largest absolute Gasteiger partial charge is 0.369 e. The van der Waals surface area contributed by atoms with Crippen LogP contribution in [-0.4, -0.2) is 28.3 Å². The Kier molecular flexibility index (Phi) is 8.71. The van der Waals surface area contributed by atoms with Gasteiger partial charge in [0.2, 0.25) is 5.91 Å². The van der Waals surface area contributed by atoms with E-state index in [9.17, 15) is 22.8 Å². The zero-order chi connectivity index (χ0) is 30.1. The quantitative estimate of drug-likeness (QED) is 0.298. The fraction of sp³-hybridized carbons (Fsp3) is 0.455. The molecule has 4 aliphatic carbocycles. The number of carbonyl (C=O) groups is 2. The van der Waals surface area contributed by atoms with Gasteiger partial charge in [0, 0.05) is 43.1 Å². The Hall–Kier alpha value is -3.55. The van der Waals surface area contributed by atoms with Crippen LogP contribution in [-0.2, 0) is 9.59 Å². The van der Waals surface area contributed by atoms with Crippen LogP contribution in [0.1, 0.15) is 53.6 Å². The molecule has 1 heterocycles. The SMILES string of the molecule is C=Cc1ccc(-c2cccc(F)c2)cn1.CC(=N)[C@@]12CC(F)(F)[C@@H](C)C[C@@H]1[C@@H](C)C1C=CC1C2=O.NC(=O)C1CC1.[HH]. The molecular weight excluding hydrogens is 527 g/mol. The number of aromatic nitrogens is 1. The average molecular weight is 568 g/mol. The van der Waals surface area contributed by atoms with Crippen LogP contribution in [0.2, 0.25) is 0 Å². The molecule has 41 heavy (non-hydrogen) atoms. The number of Topliss-reactive ketones (excluding diaryl/α,β-unsaturated/α-hetero) is 1. The lowest BCUT2D eigenvalue weighted by Crippen LogP contribution is -2.63. The minimum absolute atomic E-state index is 0. The predicted octanol–water partition coefficient (Wildman–Crippen LogP) is 7.37. The molecule has 0 saturated heterocycles. The van der Waals surface area contributed by atoms with E-state index in [1.165, 1.54) is 19.1 Å². The molecule has 3 fully saturated rings. The highest BCUT2D eigenvalue weighted by molar-refractivity contribution is 6.10. The van der Waals surface area contributed by atoms with E-state index in [-0.39, 0.29) is 54.2 Å². The summed E-state index contributed by atoms with van der Waals surface area (Å²) in [6, 6.07) is 10.2. The van der Waals surface area contributed by atoms with Crippen LogP contribution in [0.25, 0.3) is 17.2 Å². The van der Waals surface area contributed by atoms with Crippen molar-refractivity contribution in [2.24, 2.45) is 46.7 Å². The molecule has 0 spiro atoms. The standard InChI is InChI=1S/C16H21F2NO.C13H10FN.C4H7NO.H2/c1-8-6-13-9(2)11-4-5-12(11)14(20)15(13,10(3)19)7-16(8,17)18;1-2-13-7-6-11(9-15-13)10-4-3-5-12(14)8-10;5-4(6)3-1-2-3;/h4-5,8-9,11-13,19H,6-7H2,1-3H3;2-9H,1H2;3H,1-2H2,(H2,5,6);1H/t8-,9-,11?,12?,13+,15-;;;/m0.../s1. The molecule has 6 atom stereocenters. The molecule has 6 rings (SSSR count). The molecule has 220 valence electrons. The number of nitrogens with zero attached hydrogens (tertiary/aromatic N) is 1. The van der Waals surface area contributed by atoms with Gasteiger partial charge in [0.15, 0.2) is 5.78 Å². The smallest absolute Gasteiger partial charge is 0.252 e. The number of halogens is 3. The van der Waals surface area contributed by atoms with E-state index in [0.717, 1.165) is 29.7 Å². The van der Waals surface area contributed by atoms with Crippen LogP contribution < -0.4 is 5.73 Å². The summed E-state index contributed by atoms with van der Waals surface area (Å²) in [5, 5.41) is 8.07. The van der Waals surface area contributed by atoms with E-state index in [1.54, 1.807) is 25.3 Å². The summed E-state index contributed by atoms with van der Waals surface area (Å²) >= 11 is 0. The Bertz CT molecular complexity index is 1360. The van der Waals surface area contributed by atoms with Crippen molar-refractivity contribution in [3.63, 3.8) is 0 Å². The number of pyridine rings is 1. The van der Waals surface area contributed by atoms with Crippen molar-refractivity contribution in [3.05, 3.63) is 72.8 Å². The van der Waals surface area contributed by atoms with E-state index < -0.39 is 23.7 Å². The van der Waals surface area contributed by atoms with Gasteiger partial charge < -0.3 is 11.1 Å². The Labute approximate surface area is 241 Å². The number of rotatable bonds is 4. The summed E-state index contributed by atoms with van der Waals surface area (Å²) in [4.78, 5) is 26.9. The number of allylic oxidation sites excluding steroid dienone is 2. The first-order chi connectivity index (χ1) is 19.3. The summed E-state index contributed by atoms with van der Waals surface area (Å²) in [5.74, 6) is -3.79. The van der Waals surface area contributed by atoms with Gasteiger partial charge in [0.1, 0.15) is 5.82 Å². The number of hydrogen-bond donors (Lipinski definition) is 2. The molecule has 3 saturated carbocycles. The molecule has 2 unspecified atom stereocenters. The van der Waals surface area contributed by atoms with Gasteiger partial charge in [-0.05, 0) is 73.8 Å². The summed E-state index contributed by atoms with van der Waals surface area (Å²) in [6.07, 6.45) is 9.18. The summed E-state index contributed by atoms with van der Waals surface area (Å²) in [5.41, 5.74) is 6.30. The highest BCUT2D eigenvalue weighted by Gasteiger charge is 2.66. The van der Waals surface area contributed by atoms with E-state index in [0.29, 0.717) is 6.42 Å². The number of hydrogen-bond acceptors (Lipinski definition) is 4. The van der Waals surface area contributed by atoms with Crippen molar-refractivity contribution in [3.8, 4) is 11.1 Å². The lowest BCUT2D eigenvalue weighted by molar-refractivity contribution is -0.171. The summed E-state index contributed by atoms with van der Waals surface area (Å²) in [6.45, 7) is 8.79. The van der Waals surface area contributed by atoms with Crippen molar-refractivity contribution in [2.45, 2.75) is 52.4 Å². The van der Waals surface area contributed by atoms with Gasteiger partial charge in [0.05, 0.1) is 11.1 Å². The molecular formula is C33H40F3N3O2. The molecule has 2 aromatic rings. The van der Waals surface area contributed by atoms with Gasteiger partial charge in [0.25, 0.3) is 5.92 Å². The number of carbonyl (C=O) groups excluding carboxylic acids is 2. The molecule has 3 N–H and O–H groups in total. The number of nitrogens with one attached hydrogen (secondary N) is 1. The predicted molar refractivity (Wildman–Crippen MR) is 157 cm³/mol. The number of primary amides is 1. The van der Waals surface area contributed by atoms with Crippen molar-refractivity contribution in [1.29, 1.82) is 5.41 Å². The number of ketones is 1. The molecule has 4 aliphatic rings. The third kappa shape index (κ3) is 6.07. The average Bonchev–Trinajstić information content (AvgIpc) is 3.75. The van der Waals surface area contributed by atoms with Gasteiger partial charge in [-0.1, -0.05) is 50.8 Å². The second kappa shape index (κ2) is 11.7. The van der Waals surface area contributed by atoms with Crippen molar-refractivity contribution >= 4 is 23.5 Å². The molecule has 1 aromatic heterocycles. The Morgan fingerprint density at radius 2 is 1.88 bits per heavy atom. The third-order valence-electron chi connectivity index (χ3n) is 9.22. The Morgan fingerprint density at radius 1 is 1.17 bits per heavy atom. The fourth-order valence-corrected chi connectivity index (χ4v) is 6.37. The highest BCUT2D eigenvalue weighted by atomic mass is 19.3. The molecule has 5 nitrogen and oxygen atoms in total. The van der Waals surface area contributed by atoms with Crippen molar-refractivity contribution < 1.29 is 24.2 Å². The van der Waals surface area contributed by atoms with Crippen LogP contribution in [0.3, 0.4) is 0 Å². The van der Waals surface area contributed by atoms with Crippen LogP contribution in [0.5, 0.6) is 0 Å². The Morgan fingerprint density at radius 3 is 2.34 bits per heavy atom. The van der Waals surface area contributed by atoms with E-state index in [1.807, 2.05) is 30.4 Å². The summed E-state index contributed by atoms with van der Waals surface area (Å²) < 4.78 is 41.5. The van der Waals surface area contributed by atoms with Gasteiger partial charge in [-0.3, -0.25) is 14.6 Å². The zero-order valence-corrected chi connectivity index (χ0v) is 23.7. The van der Waals surface area contributed by atoms with E-state index in [2.05, 4.69) is 18.5 Å². The molecule has 0 radical (unpaired) electrons. The molecule has 1 aromatic carbocycles. The minimum atomic E-state index is -2.85. The second-order valence-electron chi connectivity index (χ2n) is 11.9. The number of alkyl halides is 2. The summed E-state index contributed by atoms with van der Waals surface area (Å²) in [7, 11) is 0. The second-order valence-corrected chi connectivity index (χ2v) is 11.9. The zero-order valence-electron chi connectivity index (χ0n) is 23.7. The molecule has 0 aliphatic heterocycles. The van der Waals surface area contributed by atoms with Crippen LogP contribution >= 0.6 is 0 Å². The first kappa shape index (κ1) is 30.4. The van der Waals surface area contributed by atoms with Gasteiger partial charge in [-0.15, -0.1) is 0 Å². The lowest BCUT2D eigenvalue weighted by atomic mass is 9.45. The number of amides is 1. The monoisotopic (exact) mass is 567 g/mol. The van der Waals surface area contributed by atoms with Crippen LogP contribution in [0.15, 0.2) is 61.3 Å². The van der Waals surface area contributed by atoms with Crippen molar-refractivity contribution in [2.75, 3.05) is 0 Å². The van der Waals surface area contributed by atoms with Gasteiger partial charge in [-0.25, -0.2) is 13.2 Å². The Balaban J connectivity index is 0.000000194. The third-order valence-corrected chi connectivity index (χ3v) is 9.22. The van der Waals surface area contributed by atoms with Crippen molar-refractivity contribution in [1.82, 2.24) is 4.98 Å². The van der Waals surface area contributed by atoms with Gasteiger partial charge >= 0.3 is 0 Å². The van der Waals surface area contributed by atoms with E-state index in [4.69, 9.17) is 11.1 Å². The molecule has 8 heteroatoms. The normalized spacial score (nSPS) is 30.6. The lowest BCUT2D eigenvalue weighted by Gasteiger charge is -2.58. The first-order valence-corrected chi connectivity index (χ1v) is 14.1. The minimum Gasteiger partial charge on any atom is -0.369 e. The maximum absolute atomic E-state index is 14.2. The fourth-order valence-electron chi connectivity index (χ4n) is 6.37.